The van der Waals surface area contributed by atoms with Gasteiger partial charge in [0.15, 0.2) is 5.78 Å². The molecule has 0 N–H and O–H groups in total. The summed E-state index contributed by atoms with van der Waals surface area (Å²) < 4.78 is 0. The van der Waals surface area contributed by atoms with Gasteiger partial charge in [0.1, 0.15) is 0 Å². The minimum atomic E-state index is 0.0987. The first-order chi connectivity index (χ1) is 7.18. The molecule has 0 bridgehead atoms. The Morgan fingerprint density at radius 1 is 1.33 bits per heavy atom. The summed E-state index contributed by atoms with van der Waals surface area (Å²) in [6, 6.07) is 8.20. The Morgan fingerprint density at radius 2 is 2.07 bits per heavy atom. The third-order valence-corrected chi connectivity index (χ3v) is 3.27. The molecule has 1 aliphatic rings. The third-order valence-electron chi connectivity index (χ3n) is 3.27. The van der Waals surface area contributed by atoms with Gasteiger partial charge in [0.2, 0.25) is 0 Å². The molecule has 1 fully saturated rings. The van der Waals surface area contributed by atoms with Crippen molar-refractivity contribution >= 4 is 5.78 Å². The fourth-order valence-electron chi connectivity index (χ4n) is 2.02. The van der Waals surface area contributed by atoms with E-state index in [2.05, 4.69) is 12.1 Å². The number of hydrogen-bond acceptors (Lipinski definition) is 1. The molecule has 0 aliphatic heterocycles. The number of rotatable bonds is 3. The Labute approximate surface area is 91.5 Å². The number of benzene rings is 1. The molecule has 1 nitrogen and oxygen atoms in total. The molecule has 2 rings (SSSR count). The van der Waals surface area contributed by atoms with Gasteiger partial charge in [-0.3, -0.25) is 4.79 Å². The van der Waals surface area contributed by atoms with Crippen LogP contribution in [0.4, 0.5) is 0 Å². The molecule has 15 heavy (non-hydrogen) atoms. The van der Waals surface area contributed by atoms with E-state index in [1.165, 1.54) is 24.8 Å². The molecule has 0 unspecified atom stereocenters. The van der Waals surface area contributed by atoms with Crippen LogP contribution >= 0.6 is 0 Å². The molecule has 0 heterocycles. The summed E-state index contributed by atoms with van der Waals surface area (Å²) in [4.78, 5) is 11.8. The fraction of sp³-hybridized carbons (Fsp3) is 0.500. The Balaban J connectivity index is 2.22. The maximum Gasteiger partial charge on any atom is 0.165 e. The van der Waals surface area contributed by atoms with Crippen LogP contribution in [0.2, 0.25) is 0 Å². The highest BCUT2D eigenvalue weighted by Crippen LogP contribution is 2.36. The summed E-state index contributed by atoms with van der Waals surface area (Å²) in [5.41, 5.74) is 2.24. The Kier molecular flexibility index (Phi) is 2.90. The van der Waals surface area contributed by atoms with E-state index in [4.69, 9.17) is 0 Å². The van der Waals surface area contributed by atoms with Gasteiger partial charge in [-0.15, -0.1) is 0 Å². The lowest BCUT2D eigenvalue weighted by Crippen LogP contribution is -2.11. The van der Waals surface area contributed by atoms with Crippen LogP contribution in [0.25, 0.3) is 0 Å². The van der Waals surface area contributed by atoms with Crippen LogP contribution < -0.4 is 0 Å². The summed E-state index contributed by atoms with van der Waals surface area (Å²) in [5, 5.41) is 0. The molecule has 1 aromatic carbocycles. The molecule has 0 radical (unpaired) electrons. The van der Waals surface area contributed by atoms with Crippen molar-refractivity contribution in [3.05, 3.63) is 35.4 Å². The summed E-state index contributed by atoms with van der Waals surface area (Å²) >= 11 is 0. The van der Waals surface area contributed by atoms with Crippen molar-refractivity contribution in [2.75, 3.05) is 0 Å². The van der Waals surface area contributed by atoms with E-state index in [1.54, 1.807) is 0 Å². The lowest BCUT2D eigenvalue weighted by atomic mass is 9.79. The molecular formula is C14H18O. The van der Waals surface area contributed by atoms with E-state index in [1.807, 2.05) is 26.0 Å². The largest absolute Gasteiger partial charge is 0.294 e. The number of ketones is 1. The highest BCUT2D eigenvalue weighted by Gasteiger charge is 2.20. The van der Waals surface area contributed by atoms with Crippen LogP contribution in [0.5, 0.6) is 0 Å². The van der Waals surface area contributed by atoms with Gasteiger partial charge in [-0.2, -0.15) is 0 Å². The normalized spacial score (nSPS) is 16.5. The van der Waals surface area contributed by atoms with Gasteiger partial charge in [0.25, 0.3) is 0 Å². The molecule has 1 saturated carbocycles. The van der Waals surface area contributed by atoms with E-state index in [0.717, 1.165) is 5.56 Å². The first-order valence-corrected chi connectivity index (χ1v) is 5.82. The second kappa shape index (κ2) is 4.18. The predicted octanol–water partition coefficient (Wildman–Crippen LogP) is 3.79. The number of carbonyl (C=O) groups excluding carboxylic acids is 1. The fourth-order valence-corrected chi connectivity index (χ4v) is 2.02. The second-order valence-corrected chi connectivity index (χ2v) is 4.77. The van der Waals surface area contributed by atoms with Crippen LogP contribution in [0, 0.1) is 5.92 Å². The van der Waals surface area contributed by atoms with Gasteiger partial charge < -0.3 is 0 Å². The average molecular weight is 202 g/mol. The lowest BCUT2D eigenvalue weighted by molar-refractivity contribution is 0.0939. The van der Waals surface area contributed by atoms with Crippen molar-refractivity contribution in [2.45, 2.75) is 39.0 Å². The molecule has 0 spiro atoms. The minimum Gasteiger partial charge on any atom is -0.294 e. The zero-order valence-electron chi connectivity index (χ0n) is 9.49. The highest BCUT2D eigenvalue weighted by atomic mass is 16.1. The maximum absolute atomic E-state index is 11.8. The van der Waals surface area contributed by atoms with Crippen LogP contribution in [0.1, 0.15) is 54.9 Å². The molecule has 0 aromatic heterocycles. The lowest BCUT2D eigenvalue weighted by Gasteiger charge is -2.26. The summed E-state index contributed by atoms with van der Waals surface area (Å²) in [7, 11) is 0. The van der Waals surface area contributed by atoms with Crippen LogP contribution in [-0.2, 0) is 0 Å². The van der Waals surface area contributed by atoms with Crippen molar-refractivity contribution < 1.29 is 4.79 Å². The van der Waals surface area contributed by atoms with Gasteiger partial charge in [0, 0.05) is 11.5 Å². The molecular weight excluding hydrogens is 184 g/mol. The highest BCUT2D eigenvalue weighted by molar-refractivity contribution is 5.97. The summed E-state index contributed by atoms with van der Waals surface area (Å²) in [6.45, 7) is 3.91. The molecule has 1 aromatic rings. The number of Topliss-reactive ketones (excluding diaryl/α,β-unsaturated/α-hetero) is 1. The van der Waals surface area contributed by atoms with Crippen LogP contribution in [0.3, 0.4) is 0 Å². The van der Waals surface area contributed by atoms with Gasteiger partial charge in [-0.05, 0) is 30.4 Å². The van der Waals surface area contributed by atoms with Gasteiger partial charge in [-0.1, -0.05) is 38.5 Å². The molecule has 0 atom stereocenters. The number of carbonyl (C=O) groups is 1. The third kappa shape index (κ3) is 2.11. The zero-order valence-corrected chi connectivity index (χ0v) is 9.49. The predicted molar refractivity (Wildman–Crippen MR) is 62.2 cm³/mol. The number of hydrogen-bond donors (Lipinski definition) is 0. The molecule has 0 amide bonds. The maximum atomic E-state index is 11.8. The molecule has 0 saturated heterocycles. The van der Waals surface area contributed by atoms with E-state index in [0.29, 0.717) is 5.92 Å². The average Bonchev–Trinajstić information content (AvgIpc) is 2.14. The van der Waals surface area contributed by atoms with Crippen LogP contribution in [0.15, 0.2) is 24.3 Å². The van der Waals surface area contributed by atoms with Crippen molar-refractivity contribution in [3.8, 4) is 0 Å². The van der Waals surface area contributed by atoms with Crippen molar-refractivity contribution in [2.24, 2.45) is 5.92 Å². The Morgan fingerprint density at radius 3 is 2.60 bits per heavy atom. The Hall–Kier alpha value is -1.11. The van der Waals surface area contributed by atoms with Gasteiger partial charge in [0.05, 0.1) is 0 Å². The van der Waals surface area contributed by atoms with E-state index in [-0.39, 0.29) is 11.7 Å². The van der Waals surface area contributed by atoms with Gasteiger partial charge >= 0.3 is 0 Å². The Bertz CT molecular complexity index is 361. The first kappa shape index (κ1) is 10.4. The topological polar surface area (TPSA) is 17.1 Å². The summed E-state index contributed by atoms with van der Waals surface area (Å²) in [6.07, 6.45) is 3.92. The van der Waals surface area contributed by atoms with Crippen molar-refractivity contribution in [3.63, 3.8) is 0 Å². The SMILES string of the molecule is CC(C)C(=O)c1cccc(C2CCC2)c1. The van der Waals surface area contributed by atoms with Crippen molar-refractivity contribution in [1.82, 2.24) is 0 Å². The van der Waals surface area contributed by atoms with Crippen LogP contribution in [-0.4, -0.2) is 5.78 Å². The minimum absolute atomic E-state index is 0.0987. The molecule has 80 valence electrons. The standard InChI is InChI=1S/C14H18O/c1-10(2)14(15)13-8-4-7-12(9-13)11-5-3-6-11/h4,7-11H,3,5-6H2,1-2H3. The smallest absolute Gasteiger partial charge is 0.165 e. The van der Waals surface area contributed by atoms with E-state index < -0.39 is 0 Å². The molecule has 1 aliphatic carbocycles. The van der Waals surface area contributed by atoms with E-state index in [9.17, 15) is 4.79 Å². The summed E-state index contributed by atoms with van der Waals surface area (Å²) in [5.74, 6) is 1.07. The second-order valence-electron chi connectivity index (χ2n) is 4.77. The first-order valence-electron chi connectivity index (χ1n) is 5.82. The zero-order chi connectivity index (χ0) is 10.8. The van der Waals surface area contributed by atoms with Crippen molar-refractivity contribution in [1.29, 1.82) is 0 Å². The monoisotopic (exact) mass is 202 g/mol. The van der Waals surface area contributed by atoms with Gasteiger partial charge in [-0.25, -0.2) is 0 Å². The van der Waals surface area contributed by atoms with E-state index >= 15 is 0 Å². The molecule has 1 heteroatoms. The quantitative estimate of drug-likeness (QED) is 0.681.